The molecule has 7 nitrogen and oxygen atoms in total. The fourth-order valence-corrected chi connectivity index (χ4v) is 3.65. The Hall–Kier alpha value is -3.16. The predicted molar refractivity (Wildman–Crippen MR) is 114 cm³/mol. The predicted octanol–water partition coefficient (Wildman–Crippen LogP) is 2.06. The minimum atomic E-state index is -0.647. The van der Waals surface area contributed by atoms with E-state index < -0.39 is 6.10 Å². The van der Waals surface area contributed by atoms with E-state index in [0.717, 1.165) is 12.8 Å². The lowest BCUT2D eigenvalue weighted by Crippen LogP contribution is -2.41. The van der Waals surface area contributed by atoms with Crippen molar-refractivity contribution >= 4 is 5.91 Å². The van der Waals surface area contributed by atoms with Crippen LogP contribution in [0, 0.1) is 0 Å². The van der Waals surface area contributed by atoms with Gasteiger partial charge in [0.2, 0.25) is 0 Å². The first-order chi connectivity index (χ1) is 14.6. The summed E-state index contributed by atoms with van der Waals surface area (Å²) < 4.78 is 7.33. The summed E-state index contributed by atoms with van der Waals surface area (Å²) in [5.74, 6) is 1.03. The average Bonchev–Trinajstić information content (AvgIpc) is 3.36. The van der Waals surface area contributed by atoms with Gasteiger partial charge in [0.1, 0.15) is 5.75 Å². The van der Waals surface area contributed by atoms with Crippen molar-refractivity contribution in [1.29, 1.82) is 0 Å². The molecule has 0 radical (unpaired) electrons. The van der Waals surface area contributed by atoms with Gasteiger partial charge >= 0.3 is 0 Å². The van der Waals surface area contributed by atoms with Gasteiger partial charge in [0.05, 0.1) is 18.5 Å². The van der Waals surface area contributed by atoms with E-state index in [1.165, 1.54) is 11.1 Å². The monoisotopic (exact) mass is 406 g/mol. The third-order valence-electron chi connectivity index (χ3n) is 5.22. The largest absolute Gasteiger partial charge is 0.454 e. The van der Waals surface area contributed by atoms with Crippen LogP contribution in [0.15, 0.2) is 60.9 Å². The number of fused-ring (bicyclic) bond motifs is 1. The summed E-state index contributed by atoms with van der Waals surface area (Å²) in [5.41, 5.74) is 3.25. The lowest BCUT2D eigenvalue weighted by molar-refractivity contribution is 0.0914. The SMILES string of the molecule is Cn1cc(Oc2ccc(C(=O)NCC(O)CNC3Cc4ccccc4C3)cc2)cn1. The molecule has 1 atom stereocenters. The summed E-state index contributed by atoms with van der Waals surface area (Å²) >= 11 is 0. The van der Waals surface area contributed by atoms with Crippen LogP contribution in [0.1, 0.15) is 21.5 Å². The van der Waals surface area contributed by atoms with Crippen LogP contribution in [-0.4, -0.2) is 46.0 Å². The van der Waals surface area contributed by atoms with Crippen molar-refractivity contribution in [2.75, 3.05) is 13.1 Å². The van der Waals surface area contributed by atoms with Crippen LogP contribution >= 0.6 is 0 Å². The first-order valence-corrected chi connectivity index (χ1v) is 10.1. The molecule has 0 fully saturated rings. The van der Waals surface area contributed by atoms with Crippen LogP contribution in [0.3, 0.4) is 0 Å². The Bertz CT molecular complexity index is 975. The number of carbonyl (C=O) groups excluding carboxylic acids is 1. The molecule has 0 spiro atoms. The highest BCUT2D eigenvalue weighted by atomic mass is 16.5. The minimum Gasteiger partial charge on any atom is -0.454 e. The standard InChI is InChI=1S/C23H26N4O3/c1-27-15-22(14-26-27)30-21-8-6-16(7-9-21)23(29)25-13-20(28)12-24-19-10-17-4-2-3-5-18(17)11-19/h2-9,14-15,19-20,24,28H,10-13H2,1H3,(H,25,29). The van der Waals surface area contributed by atoms with Crippen LogP contribution in [0.2, 0.25) is 0 Å². The number of carbonyl (C=O) groups is 1. The van der Waals surface area contributed by atoms with E-state index in [1.54, 1.807) is 41.3 Å². The second-order valence-electron chi connectivity index (χ2n) is 7.62. The van der Waals surface area contributed by atoms with Gasteiger partial charge in [-0.3, -0.25) is 9.48 Å². The van der Waals surface area contributed by atoms with E-state index in [2.05, 4.69) is 40.0 Å². The second kappa shape index (κ2) is 9.11. The highest BCUT2D eigenvalue weighted by Gasteiger charge is 2.21. The van der Waals surface area contributed by atoms with Gasteiger partial charge in [0.25, 0.3) is 5.91 Å². The van der Waals surface area contributed by atoms with Crippen molar-refractivity contribution in [2.45, 2.75) is 25.0 Å². The van der Waals surface area contributed by atoms with E-state index in [1.807, 2.05) is 7.05 Å². The van der Waals surface area contributed by atoms with Crippen molar-refractivity contribution in [3.63, 3.8) is 0 Å². The number of nitrogens with one attached hydrogen (secondary N) is 2. The zero-order chi connectivity index (χ0) is 20.9. The highest BCUT2D eigenvalue weighted by Crippen LogP contribution is 2.22. The van der Waals surface area contributed by atoms with Gasteiger partial charge in [0, 0.05) is 31.7 Å². The number of nitrogens with zero attached hydrogens (tertiary/aromatic N) is 2. The van der Waals surface area contributed by atoms with E-state index in [4.69, 9.17) is 4.74 Å². The van der Waals surface area contributed by atoms with Gasteiger partial charge in [-0.05, 0) is 48.2 Å². The third-order valence-corrected chi connectivity index (χ3v) is 5.22. The Morgan fingerprint density at radius 1 is 1.13 bits per heavy atom. The van der Waals surface area contributed by atoms with Gasteiger partial charge in [0.15, 0.2) is 5.75 Å². The van der Waals surface area contributed by atoms with Crippen LogP contribution in [0.5, 0.6) is 11.5 Å². The lowest BCUT2D eigenvalue weighted by Gasteiger charge is -2.17. The number of hydrogen-bond donors (Lipinski definition) is 3. The van der Waals surface area contributed by atoms with Gasteiger partial charge in [-0.2, -0.15) is 5.10 Å². The average molecular weight is 406 g/mol. The number of benzene rings is 2. The fraction of sp³-hybridized carbons (Fsp3) is 0.304. The maximum atomic E-state index is 12.3. The Kier molecular flexibility index (Phi) is 6.11. The summed E-state index contributed by atoms with van der Waals surface area (Å²) in [4.78, 5) is 12.3. The molecule has 0 saturated heterocycles. The molecule has 1 aromatic heterocycles. The van der Waals surface area contributed by atoms with Gasteiger partial charge in [-0.15, -0.1) is 0 Å². The van der Waals surface area contributed by atoms with Crippen molar-refractivity contribution in [2.24, 2.45) is 7.05 Å². The van der Waals surface area contributed by atoms with E-state index in [9.17, 15) is 9.90 Å². The normalized spacial score (nSPS) is 14.3. The summed E-state index contributed by atoms with van der Waals surface area (Å²) in [7, 11) is 1.82. The molecule has 30 heavy (non-hydrogen) atoms. The van der Waals surface area contributed by atoms with Crippen molar-refractivity contribution in [3.8, 4) is 11.5 Å². The van der Waals surface area contributed by atoms with Crippen LogP contribution in [-0.2, 0) is 19.9 Å². The van der Waals surface area contributed by atoms with Crippen LogP contribution in [0.25, 0.3) is 0 Å². The summed E-state index contributed by atoms with van der Waals surface area (Å²) in [6.07, 6.45) is 4.69. The maximum absolute atomic E-state index is 12.3. The number of hydrogen-bond acceptors (Lipinski definition) is 5. The molecule has 4 rings (SSSR count). The molecular weight excluding hydrogens is 380 g/mol. The Labute approximate surface area is 175 Å². The maximum Gasteiger partial charge on any atom is 0.251 e. The van der Waals surface area contributed by atoms with Gasteiger partial charge in [-0.25, -0.2) is 0 Å². The molecule has 0 aliphatic heterocycles. The Morgan fingerprint density at radius 2 is 1.83 bits per heavy atom. The fourth-order valence-electron chi connectivity index (χ4n) is 3.65. The molecule has 1 amide bonds. The minimum absolute atomic E-state index is 0.194. The quantitative estimate of drug-likeness (QED) is 0.533. The molecule has 3 aromatic rings. The van der Waals surface area contributed by atoms with Crippen LogP contribution < -0.4 is 15.4 Å². The molecule has 3 N–H and O–H groups in total. The molecular formula is C23H26N4O3. The van der Waals surface area contributed by atoms with Crippen LogP contribution in [0.4, 0.5) is 0 Å². The molecule has 0 saturated carbocycles. The molecule has 2 aromatic carbocycles. The first-order valence-electron chi connectivity index (χ1n) is 10.1. The molecule has 156 valence electrons. The molecule has 1 heterocycles. The van der Waals surface area contributed by atoms with Gasteiger partial charge < -0.3 is 20.5 Å². The summed E-state index contributed by atoms with van der Waals surface area (Å²) in [6, 6.07) is 15.6. The lowest BCUT2D eigenvalue weighted by atomic mass is 10.1. The third kappa shape index (κ3) is 5.06. The number of rotatable bonds is 8. The zero-order valence-corrected chi connectivity index (χ0v) is 16.9. The van der Waals surface area contributed by atoms with Crippen molar-refractivity contribution in [1.82, 2.24) is 20.4 Å². The zero-order valence-electron chi connectivity index (χ0n) is 16.9. The number of ether oxygens (including phenoxy) is 1. The van der Waals surface area contributed by atoms with Crippen molar-refractivity contribution in [3.05, 3.63) is 77.6 Å². The number of aryl methyl sites for hydroxylation is 1. The van der Waals surface area contributed by atoms with E-state index >= 15 is 0 Å². The molecule has 1 unspecified atom stereocenters. The Balaban J connectivity index is 1.19. The number of amides is 1. The first kappa shape index (κ1) is 20.1. The summed E-state index contributed by atoms with van der Waals surface area (Å²) in [5, 5.41) is 20.5. The Morgan fingerprint density at radius 3 is 2.47 bits per heavy atom. The number of aliphatic hydroxyl groups is 1. The second-order valence-corrected chi connectivity index (χ2v) is 7.62. The smallest absolute Gasteiger partial charge is 0.251 e. The summed E-state index contributed by atoms with van der Waals surface area (Å²) in [6.45, 7) is 0.635. The molecule has 1 aliphatic carbocycles. The van der Waals surface area contributed by atoms with Gasteiger partial charge in [-0.1, -0.05) is 24.3 Å². The van der Waals surface area contributed by atoms with Crippen molar-refractivity contribution < 1.29 is 14.6 Å². The number of aromatic nitrogens is 2. The molecule has 7 heteroatoms. The van der Waals surface area contributed by atoms with E-state index in [-0.39, 0.29) is 12.5 Å². The molecule has 0 bridgehead atoms. The topological polar surface area (TPSA) is 88.4 Å². The molecule has 1 aliphatic rings. The van der Waals surface area contributed by atoms with E-state index in [0.29, 0.717) is 29.6 Å². The number of aliphatic hydroxyl groups excluding tert-OH is 1. The highest BCUT2D eigenvalue weighted by molar-refractivity contribution is 5.94.